The molecule has 2 aromatic rings. The normalized spacial score (nSPS) is 10.0. The zero-order chi connectivity index (χ0) is 16.7. The summed E-state index contributed by atoms with van der Waals surface area (Å²) in [6, 6.07) is 14.2. The van der Waals surface area contributed by atoms with Crippen LogP contribution in [0.1, 0.15) is 5.56 Å². The van der Waals surface area contributed by atoms with Crippen LogP contribution in [-0.4, -0.2) is 19.1 Å². The van der Waals surface area contributed by atoms with E-state index in [1.807, 2.05) is 6.07 Å². The monoisotopic (exact) mass is 318 g/mol. The Morgan fingerprint density at radius 3 is 2.48 bits per heavy atom. The van der Waals surface area contributed by atoms with Gasteiger partial charge in [-0.1, -0.05) is 24.3 Å². The van der Waals surface area contributed by atoms with E-state index in [1.54, 1.807) is 30.3 Å². The maximum absolute atomic E-state index is 12.3. The van der Waals surface area contributed by atoms with Crippen LogP contribution in [0.5, 0.6) is 11.5 Å². The van der Waals surface area contributed by atoms with Crippen molar-refractivity contribution in [3.63, 3.8) is 0 Å². The van der Waals surface area contributed by atoms with E-state index in [0.29, 0.717) is 5.56 Å². The fraction of sp³-hybridized carbons (Fsp3) is 0.125. The van der Waals surface area contributed by atoms with Gasteiger partial charge in [-0.3, -0.25) is 4.79 Å². The number of nitriles is 1. The van der Waals surface area contributed by atoms with Crippen molar-refractivity contribution in [3.05, 3.63) is 54.1 Å². The van der Waals surface area contributed by atoms with E-state index in [9.17, 15) is 13.6 Å². The Morgan fingerprint density at radius 2 is 1.78 bits per heavy atom. The highest BCUT2D eigenvalue weighted by molar-refractivity contribution is 5.93. The van der Waals surface area contributed by atoms with Gasteiger partial charge in [-0.05, 0) is 24.3 Å². The summed E-state index contributed by atoms with van der Waals surface area (Å²) in [6.45, 7) is -3.37. The fourth-order valence-corrected chi connectivity index (χ4v) is 1.78. The van der Waals surface area contributed by atoms with Gasteiger partial charge in [-0.2, -0.15) is 14.0 Å². The van der Waals surface area contributed by atoms with Gasteiger partial charge in [0.1, 0.15) is 17.6 Å². The number of benzene rings is 2. The van der Waals surface area contributed by atoms with Gasteiger partial charge in [0, 0.05) is 0 Å². The predicted molar refractivity (Wildman–Crippen MR) is 78.4 cm³/mol. The Hall–Kier alpha value is -3.14. The Labute approximate surface area is 131 Å². The molecule has 0 aliphatic rings. The molecule has 0 heterocycles. The SMILES string of the molecule is N#Cc1ccccc1OCC(=O)Nc1ccccc1OC(F)F. The van der Waals surface area contributed by atoms with E-state index >= 15 is 0 Å². The Balaban J connectivity index is 1.99. The van der Waals surface area contributed by atoms with Crippen LogP contribution in [0.3, 0.4) is 0 Å². The number of nitrogens with zero attached hydrogens (tertiary/aromatic N) is 1. The second-order valence-corrected chi connectivity index (χ2v) is 4.32. The van der Waals surface area contributed by atoms with Gasteiger partial charge in [0.25, 0.3) is 5.91 Å². The van der Waals surface area contributed by atoms with E-state index in [4.69, 9.17) is 10.00 Å². The van der Waals surface area contributed by atoms with Crippen LogP contribution in [0.25, 0.3) is 0 Å². The van der Waals surface area contributed by atoms with Crippen LogP contribution in [0, 0.1) is 11.3 Å². The summed E-state index contributed by atoms with van der Waals surface area (Å²) < 4.78 is 34.2. The third-order valence-electron chi connectivity index (χ3n) is 2.74. The van der Waals surface area contributed by atoms with Crippen molar-refractivity contribution in [2.24, 2.45) is 0 Å². The van der Waals surface area contributed by atoms with Gasteiger partial charge >= 0.3 is 6.61 Å². The molecular formula is C16H12F2N2O3. The van der Waals surface area contributed by atoms with E-state index in [1.165, 1.54) is 18.2 Å². The lowest BCUT2D eigenvalue weighted by Crippen LogP contribution is -2.21. The van der Waals surface area contributed by atoms with Crippen LogP contribution < -0.4 is 14.8 Å². The van der Waals surface area contributed by atoms with E-state index in [2.05, 4.69) is 10.1 Å². The first kappa shape index (κ1) is 16.2. The van der Waals surface area contributed by atoms with Crippen molar-refractivity contribution in [2.75, 3.05) is 11.9 Å². The summed E-state index contributed by atoms with van der Waals surface area (Å²) in [5.74, 6) is -0.446. The summed E-state index contributed by atoms with van der Waals surface area (Å²) in [5, 5.41) is 11.3. The molecule has 0 saturated carbocycles. The molecule has 23 heavy (non-hydrogen) atoms. The van der Waals surface area contributed by atoms with E-state index < -0.39 is 12.5 Å². The number of para-hydroxylation sites is 3. The molecule has 1 amide bonds. The first-order chi connectivity index (χ1) is 11.1. The summed E-state index contributed by atoms with van der Waals surface area (Å²) in [5.41, 5.74) is 0.400. The minimum Gasteiger partial charge on any atom is -0.482 e. The van der Waals surface area contributed by atoms with Crippen molar-refractivity contribution in [1.29, 1.82) is 5.26 Å². The second-order valence-electron chi connectivity index (χ2n) is 4.32. The van der Waals surface area contributed by atoms with Crippen LogP contribution in [0.15, 0.2) is 48.5 Å². The Morgan fingerprint density at radius 1 is 1.13 bits per heavy atom. The molecule has 0 spiro atoms. The second kappa shape index (κ2) is 7.75. The van der Waals surface area contributed by atoms with Crippen molar-refractivity contribution in [1.82, 2.24) is 0 Å². The number of nitrogens with one attached hydrogen (secondary N) is 1. The lowest BCUT2D eigenvalue weighted by Gasteiger charge is -2.12. The fourth-order valence-electron chi connectivity index (χ4n) is 1.78. The maximum atomic E-state index is 12.3. The molecule has 0 aromatic heterocycles. The number of hydrogen-bond acceptors (Lipinski definition) is 4. The number of anilines is 1. The molecule has 0 aliphatic heterocycles. The van der Waals surface area contributed by atoms with Crippen molar-refractivity contribution in [3.8, 4) is 17.6 Å². The summed E-state index contributed by atoms with van der Waals surface area (Å²) >= 11 is 0. The van der Waals surface area contributed by atoms with E-state index in [-0.39, 0.29) is 23.8 Å². The van der Waals surface area contributed by atoms with Gasteiger partial charge in [0.05, 0.1) is 11.3 Å². The topological polar surface area (TPSA) is 71.3 Å². The first-order valence-electron chi connectivity index (χ1n) is 6.56. The number of rotatable bonds is 6. The molecule has 0 saturated heterocycles. The minimum absolute atomic E-state index is 0.106. The number of amides is 1. The maximum Gasteiger partial charge on any atom is 0.387 e. The zero-order valence-electron chi connectivity index (χ0n) is 11.8. The van der Waals surface area contributed by atoms with Crippen LogP contribution >= 0.6 is 0 Å². The molecule has 2 aromatic carbocycles. The molecule has 0 aliphatic carbocycles. The smallest absolute Gasteiger partial charge is 0.387 e. The first-order valence-corrected chi connectivity index (χ1v) is 6.56. The highest BCUT2D eigenvalue weighted by Gasteiger charge is 2.12. The highest BCUT2D eigenvalue weighted by Crippen LogP contribution is 2.25. The van der Waals surface area contributed by atoms with Crippen molar-refractivity contribution < 1.29 is 23.0 Å². The standard InChI is InChI=1S/C16H12F2N2O3/c17-16(18)23-14-8-4-2-6-12(14)20-15(21)10-22-13-7-3-1-5-11(13)9-19/h1-8,16H,10H2,(H,20,21). The third-order valence-corrected chi connectivity index (χ3v) is 2.74. The Bertz CT molecular complexity index is 729. The van der Waals surface area contributed by atoms with Gasteiger partial charge in [0.15, 0.2) is 6.61 Å². The summed E-state index contributed by atoms with van der Waals surface area (Å²) in [6.07, 6.45) is 0. The van der Waals surface area contributed by atoms with Crippen LogP contribution in [-0.2, 0) is 4.79 Å². The number of hydrogen-bond donors (Lipinski definition) is 1. The average molecular weight is 318 g/mol. The van der Waals surface area contributed by atoms with Crippen LogP contribution in [0.4, 0.5) is 14.5 Å². The quantitative estimate of drug-likeness (QED) is 0.888. The lowest BCUT2D eigenvalue weighted by molar-refractivity contribution is -0.118. The molecule has 0 radical (unpaired) electrons. The molecule has 0 fully saturated rings. The van der Waals surface area contributed by atoms with Crippen LogP contribution in [0.2, 0.25) is 0 Å². The summed E-state index contributed by atoms with van der Waals surface area (Å²) in [7, 11) is 0. The molecule has 0 atom stereocenters. The van der Waals surface area contributed by atoms with Gasteiger partial charge in [0.2, 0.25) is 0 Å². The predicted octanol–water partition coefficient (Wildman–Crippen LogP) is 3.18. The van der Waals surface area contributed by atoms with Crippen molar-refractivity contribution in [2.45, 2.75) is 6.61 Å². The average Bonchev–Trinajstić information content (AvgIpc) is 2.54. The molecule has 1 N–H and O–H groups in total. The number of carbonyl (C=O) groups is 1. The number of carbonyl (C=O) groups excluding carboxylic acids is 1. The third kappa shape index (κ3) is 4.68. The molecular weight excluding hydrogens is 306 g/mol. The van der Waals surface area contributed by atoms with Gasteiger partial charge < -0.3 is 14.8 Å². The van der Waals surface area contributed by atoms with Gasteiger partial charge in [-0.25, -0.2) is 0 Å². The highest BCUT2D eigenvalue weighted by atomic mass is 19.3. The number of ether oxygens (including phenoxy) is 2. The minimum atomic E-state index is -2.99. The molecule has 0 unspecified atom stereocenters. The largest absolute Gasteiger partial charge is 0.482 e. The molecule has 2 rings (SSSR count). The van der Waals surface area contributed by atoms with Crippen molar-refractivity contribution >= 4 is 11.6 Å². The molecule has 7 heteroatoms. The van der Waals surface area contributed by atoms with E-state index in [0.717, 1.165) is 0 Å². The Kier molecular flexibility index (Phi) is 5.47. The number of alkyl halides is 2. The van der Waals surface area contributed by atoms with Gasteiger partial charge in [-0.15, -0.1) is 0 Å². The number of halogens is 2. The molecule has 118 valence electrons. The molecule has 5 nitrogen and oxygen atoms in total. The zero-order valence-corrected chi connectivity index (χ0v) is 11.8. The summed E-state index contributed by atoms with van der Waals surface area (Å²) in [4.78, 5) is 11.9. The lowest BCUT2D eigenvalue weighted by atomic mass is 10.2. The molecule has 0 bridgehead atoms.